The van der Waals surface area contributed by atoms with Crippen LogP contribution in [0.2, 0.25) is 0 Å². The number of pyridine rings is 1. The first-order valence-electron chi connectivity index (χ1n) is 6.77. The first-order chi connectivity index (χ1) is 10.1. The van der Waals surface area contributed by atoms with E-state index >= 15 is 0 Å². The molecule has 1 N–H and O–H groups in total. The molecule has 1 aromatic heterocycles. The van der Waals surface area contributed by atoms with E-state index in [4.69, 9.17) is 0 Å². The van der Waals surface area contributed by atoms with Crippen molar-refractivity contribution in [2.45, 2.75) is 6.54 Å². The SMILES string of the molecule is CN(C)c1ccc(CNC(=O)/C=C/c2ccncc2)cc1. The van der Waals surface area contributed by atoms with Crippen molar-refractivity contribution in [3.05, 3.63) is 66.0 Å². The van der Waals surface area contributed by atoms with Gasteiger partial charge in [0.15, 0.2) is 0 Å². The van der Waals surface area contributed by atoms with Gasteiger partial charge in [0, 0.05) is 44.8 Å². The minimum atomic E-state index is -0.108. The third-order valence-electron chi connectivity index (χ3n) is 3.05. The Bertz CT molecular complexity index is 604. The zero-order valence-corrected chi connectivity index (χ0v) is 12.3. The number of amides is 1. The van der Waals surface area contributed by atoms with Gasteiger partial charge in [-0.3, -0.25) is 9.78 Å². The van der Waals surface area contributed by atoms with Crippen LogP contribution in [-0.4, -0.2) is 25.0 Å². The number of hydrogen-bond acceptors (Lipinski definition) is 3. The Balaban J connectivity index is 1.85. The van der Waals surface area contributed by atoms with Gasteiger partial charge in [-0.15, -0.1) is 0 Å². The fraction of sp³-hybridized carbons (Fsp3) is 0.176. The summed E-state index contributed by atoms with van der Waals surface area (Å²) in [5, 5.41) is 2.86. The minimum Gasteiger partial charge on any atom is -0.378 e. The largest absolute Gasteiger partial charge is 0.378 e. The molecule has 2 rings (SSSR count). The predicted molar refractivity (Wildman–Crippen MR) is 85.9 cm³/mol. The Morgan fingerprint density at radius 2 is 1.81 bits per heavy atom. The molecule has 2 aromatic rings. The van der Waals surface area contributed by atoms with E-state index in [1.165, 1.54) is 6.08 Å². The number of carbonyl (C=O) groups is 1. The smallest absolute Gasteiger partial charge is 0.244 e. The lowest BCUT2D eigenvalue weighted by molar-refractivity contribution is -0.116. The Kier molecular flexibility index (Phi) is 5.10. The Morgan fingerprint density at radius 1 is 1.14 bits per heavy atom. The van der Waals surface area contributed by atoms with E-state index in [0.29, 0.717) is 6.54 Å². The molecule has 0 aliphatic carbocycles. The molecule has 0 fully saturated rings. The van der Waals surface area contributed by atoms with Gasteiger partial charge in [0.1, 0.15) is 0 Å². The van der Waals surface area contributed by atoms with Gasteiger partial charge >= 0.3 is 0 Å². The lowest BCUT2D eigenvalue weighted by Crippen LogP contribution is -2.20. The lowest BCUT2D eigenvalue weighted by atomic mass is 10.2. The van der Waals surface area contributed by atoms with Crippen molar-refractivity contribution in [1.82, 2.24) is 10.3 Å². The Hall–Kier alpha value is -2.62. The van der Waals surface area contributed by atoms with E-state index in [0.717, 1.165) is 16.8 Å². The summed E-state index contributed by atoms with van der Waals surface area (Å²) in [5.74, 6) is -0.108. The molecule has 0 unspecified atom stereocenters. The van der Waals surface area contributed by atoms with E-state index in [-0.39, 0.29) is 5.91 Å². The molecular formula is C17H19N3O. The first-order valence-corrected chi connectivity index (χ1v) is 6.77. The topological polar surface area (TPSA) is 45.2 Å². The third kappa shape index (κ3) is 4.76. The van der Waals surface area contributed by atoms with E-state index in [1.807, 2.05) is 55.4 Å². The summed E-state index contributed by atoms with van der Waals surface area (Å²) in [5.41, 5.74) is 3.17. The molecule has 4 heteroatoms. The third-order valence-corrected chi connectivity index (χ3v) is 3.05. The molecule has 0 bridgehead atoms. The van der Waals surface area contributed by atoms with Gasteiger partial charge in [0.25, 0.3) is 0 Å². The second-order valence-corrected chi connectivity index (χ2v) is 4.89. The fourth-order valence-electron chi connectivity index (χ4n) is 1.81. The van der Waals surface area contributed by atoms with Gasteiger partial charge in [0.05, 0.1) is 0 Å². The van der Waals surface area contributed by atoms with E-state index in [1.54, 1.807) is 18.5 Å². The number of nitrogens with zero attached hydrogens (tertiary/aromatic N) is 2. The monoisotopic (exact) mass is 281 g/mol. The fourth-order valence-corrected chi connectivity index (χ4v) is 1.81. The first kappa shape index (κ1) is 14.8. The second kappa shape index (κ2) is 7.24. The number of aromatic nitrogens is 1. The molecule has 1 amide bonds. The van der Waals surface area contributed by atoms with Crippen molar-refractivity contribution in [2.75, 3.05) is 19.0 Å². The van der Waals surface area contributed by atoms with Crippen molar-refractivity contribution in [3.8, 4) is 0 Å². The highest BCUT2D eigenvalue weighted by Gasteiger charge is 1.98. The molecular weight excluding hydrogens is 262 g/mol. The van der Waals surface area contributed by atoms with E-state index in [2.05, 4.69) is 10.3 Å². The van der Waals surface area contributed by atoms with Crippen molar-refractivity contribution in [3.63, 3.8) is 0 Å². The summed E-state index contributed by atoms with van der Waals surface area (Å²) in [6.07, 6.45) is 6.70. The molecule has 21 heavy (non-hydrogen) atoms. The number of rotatable bonds is 5. The Morgan fingerprint density at radius 3 is 2.43 bits per heavy atom. The molecule has 0 radical (unpaired) electrons. The quantitative estimate of drug-likeness (QED) is 0.856. The molecule has 1 aromatic carbocycles. The van der Waals surface area contributed by atoms with Gasteiger partial charge in [0.2, 0.25) is 5.91 Å². The maximum Gasteiger partial charge on any atom is 0.244 e. The molecule has 0 saturated heterocycles. The molecule has 0 atom stereocenters. The van der Waals surface area contributed by atoms with Crippen LogP contribution in [0.25, 0.3) is 6.08 Å². The molecule has 4 nitrogen and oxygen atoms in total. The number of nitrogens with one attached hydrogen (secondary N) is 1. The lowest BCUT2D eigenvalue weighted by Gasteiger charge is -2.12. The summed E-state index contributed by atoms with van der Waals surface area (Å²) >= 11 is 0. The normalized spacial score (nSPS) is 10.6. The van der Waals surface area contributed by atoms with Crippen LogP contribution in [0.4, 0.5) is 5.69 Å². The van der Waals surface area contributed by atoms with Gasteiger partial charge in [-0.25, -0.2) is 0 Å². The van der Waals surface area contributed by atoms with E-state index < -0.39 is 0 Å². The van der Waals surface area contributed by atoms with Crippen LogP contribution in [0, 0.1) is 0 Å². The highest BCUT2D eigenvalue weighted by Crippen LogP contribution is 2.11. The van der Waals surface area contributed by atoms with Crippen LogP contribution in [0.1, 0.15) is 11.1 Å². The van der Waals surface area contributed by atoms with Crippen LogP contribution in [0.15, 0.2) is 54.9 Å². The average Bonchev–Trinajstić information content (AvgIpc) is 2.52. The predicted octanol–water partition coefficient (Wildman–Crippen LogP) is 2.48. The average molecular weight is 281 g/mol. The zero-order chi connectivity index (χ0) is 15.1. The van der Waals surface area contributed by atoms with Gasteiger partial charge in [-0.2, -0.15) is 0 Å². The second-order valence-electron chi connectivity index (χ2n) is 4.89. The number of hydrogen-bond donors (Lipinski definition) is 1. The molecule has 0 saturated carbocycles. The van der Waals surface area contributed by atoms with Crippen LogP contribution < -0.4 is 10.2 Å². The maximum atomic E-state index is 11.7. The van der Waals surface area contributed by atoms with Crippen LogP contribution >= 0.6 is 0 Å². The number of benzene rings is 1. The molecule has 0 aliphatic rings. The molecule has 0 spiro atoms. The molecule has 1 heterocycles. The summed E-state index contributed by atoms with van der Waals surface area (Å²) in [6, 6.07) is 11.8. The van der Waals surface area contributed by atoms with Crippen molar-refractivity contribution < 1.29 is 4.79 Å². The standard InChI is InChI=1S/C17H19N3O/c1-20(2)16-6-3-15(4-7-16)13-19-17(21)8-5-14-9-11-18-12-10-14/h3-12H,13H2,1-2H3,(H,19,21)/b8-5+. The summed E-state index contributed by atoms with van der Waals surface area (Å²) in [7, 11) is 4.00. The number of anilines is 1. The molecule has 0 aliphatic heterocycles. The zero-order valence-electron chi connectivity index (χ0n) is 12.3. The molecule has 108 valence electrons. The highest BCUT2D eigenvalue weighted by molar-refractivity contribution is 5.91. The minimum absolute atomic E-state index is 0.108. The Labute approximate surface area is 125 Å². The van der Waals surface area contributed by atoms with Gasteiger partial charge < -0.3 is 10.2 Å². The van der Waals surface area contributed by atoms with Crippen LogP contribution in [0.3, 0.4) is 0 Å². The summed E-state index contributed by atoms with van der Waals surface area (Å²) in [6.45, 7) is 0.521. The highest BCUT2D eigenvalue weighted by atomic mass is 16.1. The summed E-state index contributed by atoms with van der Waals surface area (Å²) < 4.78 is 0. The maximum absolute atomic E-state index is 11.7. The van der Waals surface area contributed by atoms with Crippen molar-refractivity contribution >= 4 is 17.7 Å². The van der Waals surface area contributed by atoms with Gasteiger partial charge in [-0.05, 0) is 41.5 Å². The summed E-state index contributed by atoms with van der Waals surface area (Å²) in [4.78, 5) is 17.7. The number of carbonyl (C=O) groups excluding carboxylic acids is 1. The van der Waals surface area contributed by atoms with Crippen molar-refractivity contribution in [1.29, 1.82) is 0 Å². The van der Waals surface area contributed by atoms with E-state index in [9.17, 15) is 4.79 Å². The van der Waals surface area contributed by atoms with Crippen molar-refractivity contribution in [2.24, 2.45) is 0 Å². The van der Waals surface area contributed by atoms with Crippen LogP contribution in [0.5, 0.6) is 0 Å². The van der Waals surface area contributed by atoms with Crippen LogP contribution in [-0.2, 0) is 11.3 Å². The van der Waals surface area contributed by atoms with Gasteiger partial charge in [-0.1, -0.05) is 12.1 Å².